The Balaban J connectivity index is 1.57. The second-order valence-corrected chi connectivity index (χ2v) is 8.05. The predicted octanol–water partition coefficient (Wildman–Crippen LogP) is 2.06. The number of hydrogen-bond donors (Lipinski definition) is 4. The van der Waals surface area contributed by atoms with Gasteiger partial charge in [-0.05, 0) is 25.0 Å². The van der Waals surface area contributed by atoms with Crippen LogP contribution in [0.25, 0.3) is 0 Å². The van der Waals surface area contributed by atoms with Crippen LogP contribution in [-0.2, 0) is 6.54 Å². The molecular formula is C23H30ClN3O5. The lowest BCUT2D eigenvalue weighted by molar-refractivity contribution is 0.0903. The lowest BCUT2D eigenvalue weighted by Gasteiger charge is -2.32. The molecule has 1 aliphatic heterocycles. The summed E-state index contributed by atoms with van der Waals surface area (Å²) in [5, 5.41) is 21.4. The fourth-order valence-electron chi connectivity index (χ4n) is 3.69. The third-order valence-corrected chi connectivity index (χ3v) is 5.66. The monoisotopic (exact) mass is 463 g/mol. The molecule has 0 atom stereocenters. The van der Waals surface area contributed by atoms with Gasteiger partial charge in [0.25, 0.3) is 5.91 Å². The van der Waals surface area contributed by atoms with Gasteiger partial charge in [0.05, 0.1) is 29.5 Å². The second kappa shape index (κ2) is 11.9. The maximum atomic E-state index is 12.9. The maximum Gasteiger partial charge on any atom is 0.255 e. The van der Waals surface area contributed by atoms with Crippen LogP contribution >= 0.6 is 11.6 Å². The number of anilines is 1. The van der Waals surface area contributed by atoms with Crippen LogP contribution in [0.15, 0.2) is 36.4 Å². The Kier molecular flexibility index (Phi) is 8.99. The zero-order chi connectivity index (χ0) is 22.9. The van der Waals surface area contributed by atoms with Gasteiger partial charge >= 0.3 is 0 Å². The average Bonchev–Trinajstić information content (AvgIpc) is 2.80. The smallest absolute Gasteiger partial charge is 0.255 e. The van der Waals surface area contributed by atoms with Crippen molar-refractivity contribution in [2.45, 2.75) is 25.4 Å². The number of piperidine rings is 1. The standard InChI is InChI=1S/C23H30ClN3O5/c24-19-13-18(22(14-20(19)25)32-12-10-29)23(30)26-17-5-7-27(8-6-17)15-16-3-1-2-4-21(16)31-11-9-28/h1-4,13-14,17,28-29H,5-12,15,25H2,(H,26,30). The number of ether oxygens (including phenoxy) is 2. The molecule has 0 aromatic heterocycles. The first-order chi connectivity index (χ1) is 15.5. The number of carbonyl (C=O) groups is 1. The first kappa shape index (κ1) is 24.1. The SMILES string of the molecule is Nc1cc(OCCO)c(C(=O)NC2CCN(Cc3ccccc3OCCO)CC2)cc1Cl. The Morgan fingerprint density at radius 1 is 1.09 bits per heavy atom. The Hall–Kier alpha value is -2.52. The summed E-state index contributed by atoms with van der Waals surface area (Å²) in [6.07, 6.45) is 1.61. The number of aliphatic hydroxyl groups excluding tert-OH is 2. The summed E-state index contributed by atoms with van der Waals surface area (Å²) in [7, 11) is 0. The minimum absolute atomic E-state index is 0.0224. The van der Waals surface area contributed by atoms with Crippen molar-refractivity contribution in [3.05, 3.63) is 52.5 Å². The molecule has 5 N–H and O–H groups in total. The van der Waals surface area contributed by atoms with E-state index in [2.05, 4.69) is 10.2 Å². The van der Waals surface area contributed by atoms with Crippen molar-refractivity contribution in [1.29, 1.82) is 0 Å². The molecule has 0 spiro atoms. The predicted molar refractivity (Wildman–Crippen MR) is 123 cm³/mol. The van der Waals surface area contributed by atoms with E-state index in [9.17, 15) is 4.79 Å². The molecule has 174 valence electrons. The second-order valence-electron chi connectivity index (χ2n) is 7.65. The summed E-state index contributed by atoms with van der Waals surface area (Å²) < 4.78 is 11.1. The number of nitrogens with one attached hydrogen (secondary N) is 1. The normalized spacial score (nSPS) is 14.8. The van der Waals surface area contributed by atoms with Gasteiger partial charge in [0.1, 0.15) is 24.7 Å². The lowest BCUT2D eigenvalue weighted by atomic mass is 10.0. The first-order valence-electron chi connectivity index (χ1n) is 10.7. The molecule has 32 heavy (non-hydrogen) atoms. The van der Waals surface area contributed by atoms with Crippen molar-refractivity contribution < 1.29 is 24.5 Å². The molecule has 0 aliphatic carbocycles. The molecule has 1 fully saturated rings. The summed E-state index contributed by atoms with van der Waals surface area (Å²) in [5.74, 6) is 0.809. The van der Waals surface area contributed by atoms with Gasteiger partial charge in [-0.3, -0.25) is 9.69 Å². The molecule has 8 nitrogen and oxygen atoms in total. The van der Waals surface area contributed by atoms with Gasteiger partial charge in [0.15, 0.2) is 0 Å². The number of carbonyl (C=O) groups excluding carboxylic acids is 1. The molecule has 9 heteroatoms. The minimum atomic E-state index is -0.277. The van der Waals surface area contributed by atoms with Crippen LogP contribution in [0.1, 0.15) is 28.8 Å². The molecule has 2 aromatic carbocycles. The highest BCUT2D eigenvalue weighted by Crippen LogP contribution is 2.29. The van der Waals surface area contributed by atoms with Crippen molar-refractivity contribution in [3.8, 4) is 11.5 Å². The van der Waals surface area contributed by atoms with E-state index in [4.69, 9.17) is 37.0 Å². The number of benzene rings is 2. The molecule has 0 unspecified atom stereocenters. The summed E-state index contributed by atoms with van der Waals surface area (Å²) >= 11 is 6.11. The number of nitrogens with zero attached hydrogens (tertiary/aromatic N) is 1. The summed E-state index contributed by atoms with van der Waals surface area (Å²) in [5.41, 5.74) is 7.52. The highest BCUT2D eigenvalue weighted by molar-refractivity contribution is 6.33. The average molecular weight is 464 g/mol. The van der Waals surface area contributed by atoms with E-state index in [1.807, 2.05) is 24.3 Å². The molecule has 2 aromatic rings. The molecule has 3 rings (SSSR count). The van der Waals surface area contributed by atoms with Crippen LogP contribution in [0, 0.1) is 0 Å². The van der Waals surface area contributed by atoms with Crippen molar-refractivity contribution in [2.24, 2.45) is 0 Å². The zero-order valence-corrected chi connectivity index (χ0v) is 18.7. The van der Waals surface area contributed by atoms with E-state index in [1.54, 1.807) is 0 Å². The van der Waals surface area contributed by atoms with E-state index in [0.29, 0.717) is 17.0 Å². The van der Waals surface area contributed by atoms with Crippen LogP contribution in [0.3, 0.4) is 0 Å². The van der Waals surface area contributed by atoms with Gasteiger partial charge in [-0.25, -0.2) is 0 Å². The number of rotatable bonds is 10. The molecule has 0 radical (unpaired) electrons. The molecular weight excluding hydrogens is 434 g/mol. The number of halogens is 1. The fraction of sp³-hybridized carbons (Fsp3) is 0.435. The van der Waals surface area contributed by atoms with Crippen LogP contribution in [0.4, 0.5) is 5.69 Å². The van der Waals surface area contributed by atoms with E-state index in [-0.39, 0.29) is 43.4 Å². The Bertz CT molecular complexity index is 903. The van der Waals surface area contributed by atoms with Crippen LogP contribution in [-0.4, -0.2) is 66.6 Å². The number of likely N-dealkylation sites (tertiary alicyclic amines) is 1. The Labute approximate surface area is 192 Å². The summed E-state index contributed by atoms with van der Waals surface area (Å²) in [6, 6.07) is 10.9. The van der Waals surface area contributed by atoms with Crippen LogP contribution in [0.2, 0.25) is 5.02 Å². The van der Waals surface area contributed by atoms with Gasteiger partial charge in [-0.15, -0.1) is 0 Å². The van der Waals surface area contributed by atoms with Gasteiger partial charge in [-0.2, -0.15) is 0 Å². The van der Waals surface area contributed by atoms with Gasteiger partial charge in [0, 0.05) is 37.3 Å². The van der Waals surface area contributed by atoms with Crippen LogP contribution < -0.4 is 20.5 Å². The van der Waals surface area contributed by atoms with Gasteiger partial charge in [-0.1, -0.05) is 29.8 Å². The number of amides is 1. The van der Waals surface area contributed by atoms with E-state index in [0.717, 1.165) is 43.8 Å². The Morgan fingerprint density at radius 2 is 1.75 bits per heavy atom. The molecule has 1 saturated heterocycles. The third-order valence-electron chi connectivity index (χ3n) is 5.33. The number of aliphatic hydroxyl groups is 2. The summed E-state index contributed by atoms with van der Waals surface area (Å²) in [4.78, 5) is 15.2. The topological polar surface area (TPSA) is 117 Å². The molecule has 1 heterocycles. The largest absolute Gasteiger partial charge is 0.491 e. The van der Waals surface area contributed by atoms with E-state index in [1.165, 1.54) is 12.1 Å². The number of nitrogens with two attached hydrogens (primary N) is 1. The fourth-order valence-corrected chi connectivity index (χ4v) is 3.86. The highest BCUT2D eigenvalue weighted by Gasteiger charge is 2.24. The first-order valence-corrected chi connectivity index (χ1v) is 11.1. The highest BCUT2D eigenvalue weighted by atomic mass is 35.5. The third kappa shape index (κ3) is 6.49. The van der Waals surface area contributed by atoms with Crippen molar-refractivity contribution in [2.75, 3.05) is 45.3 Å². The van der Waals surface area contributed by atoms with Crippen molar-refractivity contribution in [1.82, 2.24) is 10.2 Å². The minimum Gasteiger partial charge on any atom is -0.491 e. The molecule has 0 saturated carbocycles. The molecule has 0 bridgehead atoms. The summed E-state index contributed by atoms with van der Waals surface area (Å²) in [6.45, 7) is 2.54. The molecule has 1 aliphatic rings. The van der Waals surface area contributed by atoms with E-state index < -0.39 is 0 Å². The number of hydrogen-bond acceptors (Lipinski definition) is 7. The zero-order valence-electron chi connectivity index (χ0n) is 17.9. The number of nitrogen functional groups attached to an aromatic ring is 1. The maximum absolute atomic E-state index is 12.9. The van der Waals surface area contributed by atoms with Crippen molar-refractivity contribution in [3.63, 3.8) is 0 Å². The van der Waals surface area contributed by atoms with Gasteiger partial charge < -0.3 is 30.7 Å². The lowest BCUT2D eigenvalue weighted by Crippen LogP contribution is -2.44. The quantitative estimate of drug-likeness (QED) is 0.398. The van der Waals surface area contributed by atoms with Crippen molar-refractivity contribution >= 4 is 23.2 Å². The Morgan fingerprint density at radius 3 is 2.44 bits per heavy atom. The van der Waals surface area contributed by atoms with Gasteiger partial charge in [0.2, 0.25) is 0 Å². The van der Waals surface area contributed by atoms with Crippen LogP contribution in [0.5, 0.6) is 11.5 Å². The molecule has 1 amide bonds. The van der Waals surface area contributed by atoms with E-state index >= 15 is 0 Å². The number of para-hydroxylation sites is 1.